The summed E-state index contributed by atoms with van der Waals surface area (Å²) >= 11 is 0. The number of fused-ring (bicyclic) bond motifs is 7. The summed E-state index contributed by atoms with van der Waals surface area (Å²) in [6.07, 6.45) is -5.26. The highest BCUT2D eigenvalue weighted by Gasteiger charge is 2.71. The minimum atomic E-state index is -1.70. The molecule has 0 spiro atoms. The first kappa shape index (κ1) is 43.9. The fourth-order valence-corrected chi connectivity index (χ4v) is 13.5. The van der Waals surface area contributed by atoms with Crippen molar-refractivity contribution in [3.8, 4) is 0 Å². The molecule has 18 atom stereocenters. The molecule has 5 aliphatic carbocycles. The van der Waals surface area contributed by atoms with Crippen molar-refractivity contribution in [2.24, 2.45) is 50.2 Å². The Kier molecular flexibility index (Phi) is 11.4. The molecule has 58 heavy (non-hydrogen) atoms. The van der Waals surface area contributed by atoms with Crippen LogP contribution in [0.2, 0.25) is 0 Å². The van der Waals surface area contributed by atoms with E-state index >= 15 is 0 Å². The molecule has 5 fully saturated rings. The fraction of sp³-hybridized carbons (Fsp3) is 0.860. The van der Waals surface area contributed by atoms with E-state index in [2.05, 4.69) is 40.7 Å². The third-order valence-electron chi connectivity index (χ3n) is 17.0. The van der Waals surface area contributed by atoms with E-state index in [1.54, 1.807) is 0 Å². The molecule has 328 valence electrons. The SMILES string of the molecule is COC(=O)C1=C[C@H](O)[C@@H](O)[C@H](O[C@H]2[C@@H](O)C[C@@]3(C)[C@@H](CC[C@]4(C)[C@@H]3CC=C3[C@H]5CC(C)(C)CC[C@]5(C(=O)O[C@@H]5O[C@H](CO)[C@@H](O)[C@H](O)[C@H]5O)CC[C@]34C)[C@]2(C)CO)O1. The smallest absolute Gasteiger partial charge is 0.373 e. The molecule has 0 amide bonds. The van der Waals surface area contributed by atoms with E-state index in [1.807, 2.05) is 6.92 Å². The van der Waals surface area contributed by atoms with Gasteiger partial charge in [0, 0.05) is 5.41 Å². The lowest BCUT2D eigenvalue weighted by Crippen LogP contribution is -2.69. The quantitative estimate of drug-likeness (QED) is 0.134. The summed E-state index contributed by atoms with van der Waals surface area (Å²) in [6.45, 7) is 12.2. The molecule has 7 rings (SSSR count). The maximum Gasteiger partial charge on any atom is 0.373 e. The maximum atomic E-state index is 14.6. The lowest BCUT2D eigenvalue weighted by Gasteiger charge is -2.71. The van der Waals surface area contributed by atoms with Gasteiger partial charge in [0.05, 0.1) is 37.9 Å². The van der Waals surface area contributed by atoms with Crippen molar-refractivity contribution in [2.75, 3.05) is 20.3 Å². The first-order chi connectivity index (χ1) is 27.1. The van der Waals surface area contributed by atoms with Crippen molar-refractivity contribution in [2.45, 2.75) is 161 Å². The van der Waals surface area contributed by atoms with E-state index in [0.29, 0.717) is 38.5 Å². The van der Waals surface area contributed by atoms with Gasteiger partial charge in [-0.2, -0.15) is 0 Å². The fourth-order valence-electron chi connectivity index (χ4n) is 13.5. The molecular formula is C43H66O15. The predicted molar refractivity (Wildman–Crippen MR) is 204 cm³/mol. The van der Waals surface area contributed by atoms with Crippen molar-refractivity contribution in [1.29, 1.82) is 0 Å². The van der Waals surface area contributed by atoms with E-state index in [-0.39, 0.29) is 46.4 Å². The van der Waals surface area contributed by atoms with Crippen LogP contribution in [0.3, 0.4) is 0 Å². The second kappa shape index (κ2) is 15.0. The van der Waals surface area contributed by atoms with Crippen LogP contribution in [0.15, 0.2) is 23.5 Å². The van der Waals surface area contributed by atoms with Gasteiger partial charge in [-0.25, -0.2) is 4.79 Å². The lowest BCUT2D eigenvalue weighted by atomic mass is 9.33. The summed E-state index contributed by atoms with van der Waals surface area (Å²) in [7, 11) is 1.16. The number of hydrogen-bond donors (Lipinski definition) is 8. The van der Waals surface area contributed by atoms with Crippen LogP contribution >= 0.6 is 0 Å². The van der Waals surface area contributed by atoms with Crippen molar-refractivity contribution in [3.63, 3.8) is 0 Å². The Morgan fingerprint density at radius 1 is 0.828 bits per heavy atom. The third-order valence-corrected chi connectivity index (χ3v) is 17.0. The van der Waals surface area contributed by atoms with Gasteiger partial charge < -0.3 is 64.5 Å². The van der Waals surface area contributed by atoms with Crippen LogP contribution < -0.4 is 0 Å². The Morgan fingerprint density at radius 2 is 1.52 bits per heavy atom. The lowest BCUT2D eigenvalue weighted by molar-refractivity contribution is -0.304. The summed E-state index contributed by atoms with van der Waals surface area (Å²) < 4.78 is 28.3. The first-order valence-corrected chi connectivity index (χ1v) is 21.1. The summed E-state index contributed by atoms with van der Waals surface area (Å²) in [6, 6.07) is 0. The molecule has 2 aliphatic heterocycles. The van der Waals surface area contributed by atoms with E-state index in [4.69, 9.17) is 23.7 Å². The molecule has 0 aromatic carbocycles. The van der Waals surface area contributed by atoms with E-state index < -0.39 is 96.2 Å². The largest absolute Gasteiger partial charge is 0.463 e. The molecule has 0 unspecified atom stereocenters. The molecule has 0 bridgehead atoms. The van der Waals surface area contributed by atoms with Gasteiger partial charge in [0.1, 0.15) is 36.6 Å². The maximum absolute atomic E-state index is 14.6. The second-order valence-electron chi connectivity index (χ2n) is 20.5. The van der Waals surface area contributed by atoms with Crippen LogP contribution in [-0.4, -0.2) is 135 Å². The summed E-state index contributed by atoms with van der Waals surface area (Å²) in [5.41, 5.74) is -1.92. The standard InChI is InChI=1S/C43H66O15/c1-38(2)12-14-43(37(53)58-36-32(51)31(50)30(49)26(19-44)56-36)15-13-41(5)21(22(43)17-38)8-9-28-39(3)18-24(47)33(40(4,20-45)27(39)10-11-42(28,41)6)57-35-29(48)23(46)16-25(55-35)34(52)54-7/h8,16,22-24,26-33,35-36,44-51H,9-15,17-20H2,1-7H3/t22-,23+,24+,26-,27-,28-,29-,30-,31+,32-,33+,35+,36+,39+,40+,41-,42-,43+/m1/s1. The zero-order valence-electron chi connectivity index (χ0n) is 34.9. The Morgan fingerprint density at radius 3 is 2.17 bits per heavy atom. The zero-order chi connectivity index (χ0) is 42.5. The molecule has 0 aromatic heterocycles. The van der Waals surface area contributed by atoms with Crippen molar-refractivity contribution in [3.05, 3.63) is 23.5 Å². The third kappa shape index (κ3) is 6.43. The molecule has 4 saturated carbocycles. The van der Waals surface area contributed by atoms with Gasteiger partial charge in [-0.15, -0.1) is 0 Å². The highest BCUT2D eigenvalue weighted by atomic mass is 16.7. The minimum absolute atomic E-state index is 0.0614. The number of ether oxygens (including phenoxy) is 5. The Bertz CT molecular complexity index is 1660. The van der Waals surface area contributed by atoms with Gasteiger partial charge in [0.15, 0.2) is 0 Å². The molecule has 0 aromatic rings. The molecule has 8 N–H and O–H groups in total. The number of allylic oxidation sites excluding steroid dienone is 2. The number of esters is 2. The van der Waals surface area contributed by atoms with Crippen LogP contribution in [-0.2, 0) is 33.3 Å². The van der Waals surface area contributed by atoms with Gasteiger partial charge in [-0.1, -0.05) is 53.2 Å². The van der Waals surface area contributed by atoms with Gasteiger partial charge >= 0.3 is 11.9 Å². The topological polar surface area (TPSA) is 242 Å². The molecule has 15 nitrogen and oxygen atoms in total. The summed E-state index contributed by atoms with van der Waals surface area (Å²) in [5, 5.41) is 86.0. The molecular weight excluding hydrogens is 756 g/mol. The average molecular weight is 823 g/mol. The Balaban J connectivity index is 1.19. The number of hydrogen-bond acceptors (Lipinski definition) is 15. The first-order valence-electron chi connectivity index (χ1n) is 21.1. The van der Waals surface area contributed by atoms with Crippen LogP contribution in [0.25, 0.3) is 0 Å². The minimum Gasteiger partial charge on any atom is -0.463 e. The zero-order valence-corrected chi connectivity index (χ0v) is 34.9. The van der Waals surface area contributed by atoms with Crippen molar-refractivity contribution in [1.82, 2.24) is 0 Å². The van der Waals surface area contributed by atoms with Gasteiger partial charge in [0.25, 0.3) is 0 Å². The van der Waals surface area contributed by atoms with Gasteiger partial charge in [-0.3, -0.25) is 4.79 Å². The van der Waals surface area contributed by atoms with Crippen LogP contribution in [0, 0.1) is 50.2 Å². The van der Waals surface area contributed by atoms with E-state index in [1.165, 1.54) is 5.57 Å². The normalized spacial score (nSPS) is 51.0. The highest BCUT2D eigenvalue weighted by Crippen LogP contribution is 2.76. The monoisotopic (exact) mass is 822 g/mol. The van der Waals surface area contributed by atoms with Gasteiger partial charge in [-0.05, 0) is 103 Å². The molecule has 7 aliphatic rings. The van der Waals surface area contributed by atoms with Crippen LogP contribution in [0.5, 0.6) is 0 Å². The Labute approximate surface area is 340 Å². The molecule has 2 heterocycles. The highest BCUT2D eigenvalue weighted by molar-refractivity contribution is 5.86. The Hall–Kier alpha value is -2.18. The number of aliphatic hydroxyl groups is 8. The van der Waals surface area contributed by atoms with Gasteiger partial charge in [0.2, 0.25) is 18.3 Å². The molecule has 1 saturated heterocycles. The van der Waals surface area contributed by atoms with Crippen LogP contribution in [0.1, 0.15) is 99.3 Å². The predicted octanol–water partition coefficient (Wildman–Crippen LogP) is 1.59. The molecule has 0 radical (unpaired) electrons. The van der Waals surface area contributed by atoms with Crippen molar-refractivity contribution >= 4 is 11.9 Å². The van der Waals surface area contributed by atoms with E-state index in [0.717, 1.165) is 32.4 Å². The summed E-state index contributed by atoms with van der Waals surface area (Å²) in [4.78, 5) is 26.9. The number of carbonyl (C=O) groups is 2. The number of rotatable bonds is 7. The summed E-state index contributed by atoms with van der Waals surface area (Å²) in [5.74, 6) is -1.95. The van der Waals surface area contributed by atoms with Crippen LogP contribution in [0.4, 0.5) is 0 Å². The second-order valence-corrected chi connectivity index (χ2v) is 20.5. The number of carbonyl (C=O) groups excluding carboxylic acids is 2. The average Bonchev–Trinajstić information content (AvgIpc) is 3.17. The number of aliphatic hydroxyl groups excluding tert-OH is 8. The van der Waals surface area contributed by atoms with Crippen molar-refractivity contribution < 1.29 is 74.1 Å². The van der Waals surface area contributed by atoms with E-state index in [9.17, 15) is 50.4 Å². The number of methoxy groups -OCH3 is 1. The molecule has 15 heteroatoms.